The van der Waals surface area contributed by atoms with E-state index in [9.17, 15) is 9.59 Å². The fourth-order valence-electron chi connectivity index (χ4n) is 1.24. The van der Waals surface area contributed by atoms with Crippen LogP contribution in [0.2, 0.25) is 0 Å². The highest BCUT2D eigenvalue weighted by molar-refractivity contribution is 5.82. The molecular formula is C11H19NO4. The van der Waals surface area contributed by atoms with Gasteiger partial charge in [0.05, 0.1) is 7.11 Å². The third kappa shape index (κ3) is 3.72. The van der Waals surface area contributed by atoms with Crippen molar-refractivity contribution in [3.05, 3.63) is 0 Å². The quantitative estimate of drug-likeness (QED) is 0.744. The highest BCUT2D eigenvalue weighted by Gasteiger charge is 2.35. The minimum absolute atomic E-state index is 0.0262. The van der Waals surface area contributed by atoms with Gasteiger partial charge in [-0.15, -0.1) is 0 Å². The van der Waals surface area contributed by atoms with Gasteiger partial charge in [0.2, 0.25) is 0 Å². The maximum absolute atomic E-state index is 11.5. The van der Waals surface area contributed by atoms with E-state index in [1.54, 1.807) is 0 Å². The van der Waals surface area contributed by atoms with Crippen molar-refractivity contribution >= 4 is 12.1 Å². The second kappa shape index (κ2) is 4.72. The Morgan fingerprint density at radius 2 is 1.88 bits per heavy atom. The van der Waals surface area contributed by atoms with Crippen molar-refractivity contribution < 1.29 is 19.1 Å². The maximum Gasteiger partial charge on any atom is 0.408 e. The Morgan fingerprint density at radius 1 is 1.31 bits per heavy atom. The topological polar surface area (TPSA) is 64.6 Å². The van der Waals surface area contributed by atoms with E-state index in [0.717, 1.165) is 12.8 Å². The lowest BCUT2D eigenvalue weighted by molar-refractivity contribution is -0.145. The molecule has 0 heterocycles. The Kier molecular flexibility index (Phi) is 3.78. The molecule has 1 aliphatic carbocycles. The van der Waals surface area contributed by atoms with Gasteiger partial charge in [-0.1, -0.05) is 20.8 Å². The minimum atomic E-state index is -0.691. The average molecular weight is 229 g/mol. The molecule has 0 saturated heterocycles. The molecule has 1 saturated carbocycles. The summed E-state index contributed by atoms with van der Waals surface area (Å²) in [6.07, 6.45) is 1.29. The average Bonchev–Trinajstić information content (AvgIpc) is 2.95. The molecule has 0 spiro atoms. The molecule has 5 nitrogen and oxygen atoms in total. The van der Waals surface area contributed by atoms with E-state index in [1.807, 2.05) is 20.8 Å². The lowest BCUT2D eigenvalue weighted by atomic mass is 9.87. The number of methoxy groups -OCH3 is 1. The maximum atomic E-state index is 11.5. The van der Waals surface area contributed by atoms with Crippen LogP contribution >= 0.6 is 0 Å². The highest BCUT2D eigenvalue weighted by Crippen LogP contribution is 2.24. The number of hydrogen-bond donors (Lipinski definition) is 1. The second-order valence-corrected chi connectivity index (χ2v) is 5.07. The smallest absolute Gasteiger partial charge is 0.408 e. The van der Waals surface area contributed by atoms with E-state index < -0.39 is 23.5 Å². The molecule has 0 aromatic rings. The lowest BCUT2D eigenvalue weighted by Gasteiger charge is -2.28. The summed E-state index contributed by atoms with van der Waals surface area (Å²) in [5.74, 6) is -0.458. The Bertz CT molecular complexity index is 278. The summed E-state index contributed by atoms with van der Waals surface area (Å²) >= 11 is 0. The minimum Gasteiger partial charge on any atom is -0.467 e. The van der Waals surface area contributed by atoms with Crippen molar-refractivity contribution in [1.29, 1.82) is 0 Å². The Morgan fingerprint density at radius 3 is 2.25 bits per heavy atom. The molecule has 1 atom stereocenters. The predicted octanol–water partition coefficient (Wildman–Crippen LogP) is 1.46. The van der Waals surface area contributed by atoms with E-state index >= 15 is 0 Å². The van der Waals surface area contributed by atoms with Gasteiger partial charge in [0.25, 0.3) is 0 Å². The number of rotatable bonds is 3. The molecule has 1 rings (SSSR count). The summed E-state index contributed by atoms with van der Waals surface area (Å²) in [6, 6.07) is -0.691. The van der Waals surface area contributed by atoms with E-state index in [4.69, 9.17) is 4.74 Å². The first-order valence-electron chi connectivity index (χ1n) is 5.39. The van der Waals surface area contributed by atoms with Crippen LogP contribution in [0, 0.1) is 5.41 Å². The normalized spacial score (nSPS) is 17.5. The van der Waals surface area contributed by atoms with Gasteiger partial charge >= 0.3 is 12.1 Å². The number of hydrogen-bond acceptors (Lipinski definition) is 4. The van der Waals surface area contributed by atoms with Crippen molar-refractivity contribution in [3.8, 4) is 0 Å². The SMILES string of the molecule is COC(=O)[C@@H](NC(=O)OC1CC1)C(C)(C)C. The summed E-state index contributed by atoms with van der Waals surface area (Å²) in [7, 11) is 1.30. The molecule has 0 bridgehead atoms. The zero-order chi connectivity index (χ0) is 12.3. The lowest BCUT2D eigenvalue weighted by Crippen LogP contribution is -2.49. The number of alkyl carbamates (subject to hydrolysis) is 1. The fraction of sp³-hybridized carbons (Fsp3) is 0.818. The van der Waals surface area contributed by atoms with Crippen LogP contribution in [-0.2, 0) is 14.3 Å². The first kappa shape index (κ1) is 12.8. The zero-order valence-electron chi connectivity index (χ0n) is 10.2. The number of nitrogens with one attached hydrogen (secondary N) is 1. The standard InChI is InChI=1S/C11H19NO4/c1-11(2,3)8(9(13)15-4)12-10(14)16-7-5-6-7/h7-8H,5-6H2,1-4H3,(H,12,14)/t8-/m1/s1. The second-order valence-electron chi connectivity index (χ2n) is 5.07. The van der Waals surface area contributed by atoms with E-state index in [0.29, 0.717) is 0 Å². The van der Waals surface area contributed by atoms with Crippen LogP contribution in [-0.4, -0.2) is 31.3 Å². The van der Waals surface area contributed by atoms with E-state index in [-0.39, 0.29) is 6.10 Å². The Hall–Kier alpha value is -1.26. The first-order chi connectivity index (χ1) is 7.34. The van der Waals surface area contributed by atoms with Crippen molar-refractivity contribution in [2.24, 2.45) is 5.41 Å². The summed E-state index contributed by atoms with van der Waals surface area (Å²) in [6.45, 7) is 5.56. The molecule has 0 unspecified atom stereocenters. The van der Waals surface area contributed by atoms with Gasteiger partial charge in [-0.2, -0.15) is 0 Å². The number of esters is 1. The van der Waals surface area contributed by atoms with Crippen molar-refractivity contribution in [1.82, 2.24) is 5.32 Å². The summed E-state index contributed by atoms with van der Waals surface area (Å²) < 4.78 is 9.67. The van der Waals surface area contributed by atoms with Crippen LogP contribution in [0.4, 0.5) is 4.79 Å². The van der Waals surface area contributed by atoms with Gasteiger partial charge in [0.1, 0.15) is 12.1 Å². The molecule has 1 amide bonds. The summed E-state index contributed by atoms with van der Waals surface area (Å²) in [5.41, 5.74) is -0.407. The molecule has 0 aromatic heterocycles. The van der Waals surface area contributed by atoms with Crippen molar-refractivity contribution in [2.75, 3.05) is 7.11 Å². The van der Waals surface area contributed by atoms with Gasteiger partial charge in [0.15, 0.2) is 0 Å². The summed E-state index contributed by atoms with van der Waals surface area (Å²) in [5, 5.41) is 2.54. The Labute approximate surface area is 95.5 Å². The van der Waals surface area contributed by atoms with Crippen LogP contribution in [0.1, 0.15) is 33.6 Å². The Balaban J connectivity index is 2.55. The van der Waals surface area contributed by atoms with Crippen LogP contribution in [0.15, 0.2) is 0 Å². The van der Waals surface area contributed by atoms with Gasteiger partial charge in [0, 0.05) is 0 Å². The summed E-state index contributed by atoms with van der Waals surface area (Å²) in [4.78, 5) is 22.9. The molecule has 0 aromatic carbocycles. The molecule has 0 radical (unpaired) electrons. The monoisotopic (exact) mass is 229 g/mol. The van der Waals surface area contributed by atoms with Gasteiger partial charge in [-0.3, -0.25) is 0 Å². The first-order valence-corrected chi connectivity index (χ1v) is 5.39. The largest absolute Gasteiger partial charge is 0.467 e. The molecule has 1 N–H and O–H groups in total. The zero-order valence-corrected chi connectivity index (χ0v) is 10.2. The van der Waals surface area contributed by atoms with Crippen molar-refractivity contribution in [2.45, 2.75) is 45.8 Å². The van der Waals surface area contributed by atoms with Gasteiger partial charge < -0.3 is 14.8 Å². The molecule has 1 fully saturated rings. The fourth-order valence-corrected chi connectivity index (χ4v) is 1.24. The molecule has 1 aliphatic rings. The highest BCUT2D eigenvalue weighted by atomic mass is 16.6. The number of amides is 1. The van der Waals surface area contributed by atoms with Crippen molar-refractivity contribution in [3.63, 3.8) is 0 Å². The third-order valence-corrected chi connectivity index (χ3v) is 2.36. The number of carbonyl (C=O) groups excluding carboxylic acids is 2. The number of carbonyl (C=O) groups is 2. The van der Waals surface area contributed by atoms with Gasteiger partial charge in [-0.05, 0) is 18.3 Å². The molecule has 0 aliphatic heterocycles. The number of ether oxygens (including phenoxy) is 2. The van der Waals surface area contributed by atoms with Crippen LogP contribution < -0.4 is 5.32 Å². The van der Waals surface area contributed by atoms with E-state index in [2.05, 4.69) is 10.1 Å². The van der Waals surface area contributed by atoms with Crippen LogP contribution in [0.5, 0.6) is 0 Å². The van der Waals surface area contributed by atoms with E-state index in [1.165, 1.54) is 7.11 Å². The molecule has 16 heavy (non-hydrogen) atoms. The molecule has 5 heteroatoms. The third-order valence-electron chi connectivity index (χ3n) is 2.36. The molecule has 92 valence electrons. The predicted molar refractivity (Wildman–Crippen MR) is 57.9 cm³/mol. The molecular weight excluding hydrogens is 210 g/mol. The van der Waals surface area contributed by atoms with Crippen LogP contribution in [0.25, 0.3) is 0 Å². The van der Waals surface area contributed by atoms with Gasteiger partial charge in [-0.25, -0.2) is 9.59 Å². The van der Waals surface area contributed by atoms with Crippen LogP contribution in [0.3, 0.4) is 0 Å².